The number of rotatable bonds is 8. The number of hydrogen-bond donors (Lipinski definition) is 2. The summed E-state index contributed by atoms with van der Waals surface area (Å²) >= 11 is 0. The van der Waals surface area contributed by atoms with Crippen molar-refractivity contribution in [3.8, 4) is 0 Å². The zero-order valence-corrected chi connectivity index (χ0v) is 15.0. The Balaban J connectivity index is 1.83. The van der Waals surface area contributed by atoms with Crippen molar-refractivity contribution < 1.29 is 9.59 Å². The van der Waals surface area contributed by atoms with Crippen LogP contribution in [-0.4, -0.2) is 34.2 Å². The molecule has 0 spiro atoms. The minimum absolute atomic E-state index is 0.0121. The third-order valence-electron chi connectivity index (χ3n) is 3.94. The lowest BCUT2D eigenvalue weighted by atomic mass is 10.0. The molecular weight excluding hydrogens is 316 g/mol. The Kier molecular flexibility index (Phi) is 6.74. The van der Waals surface area contributed by atoms with Gasteiger partial charge in [0.05, 0.1) is 12.6 Å². The molecule has 1 heterocycles. The van der Waals surface area contributed by atoms with E-state index in [-0.39, 0.29) is 24.2 Å². The number of aromatic nitrogens is 2. The van der Waals surface area contributed by atoms with Gasteiger partial charge in [0.15, 0.2) is 0 Å². The smallest absolute Gasteiger partial charge is 0.242 e. The molecule has 0 unspecified atom stereocenters. The van der Waals surface area contributed by atoms with Gasteiger partial charge in [-0.25, -0.2) is 0 Å². The van der Waals surface area contributed by atoms with Crippen molar-refractivity contribution >= 4 is 11.8 Å². The van der Waals surface area contributed by atoms with Gasteiger partial charge in [0.1, 0.15) is 6.04 Å². The predicted molar refractivity (Wildman–Crippen MR) is 96.8 cm³/mol. The predicted octanol–water partition coefficient (Wildman–Crippen LogP) is 1.46. The lowest BCUT2D eigenvalue weighted by Crippen LogP contribution is -2.50. The Bertz CT molecular complexity index is 694. The van der Waals surface area contributed by atoms with Crippen LogP contribution in [0, 0.1) is 5.92 Å². The second-order valence-electron chi connectivity index (χ2n) is 6.51. The van der Waals surface area contributed by atoms with Gasteiger partial charge in [-0.1, -0.05) is 44.2 Å². The molecule has 6 heteroatoms. The van der Waals surface area contributed by atoms with Crippen LogP contribution in [0.25, 0.3) is 0 Å². The Labute approximate surface area is 148 Å². The fourth-order valence-corrected chi connectivity index (χ4v) is 2.58. The quantitative estimate of drug-likeness (QED) is 0.763. The first-order valence-corrected chi connectivity index (χ1v) is 8.54. The fourth-order valence-electron chi connectivity index (χ4n) is 2.58. The zero-order valence-electron chi connectivity index (χ0n) is 15.0. The van der Waals surface area contributed by atoms with Gasteiger partial charge in [-0.05, 0) is 23.5 Å². The van der Waals surface area contributed by atoms with E-state index in [1.165, 1.54) is 0 Å². The molecule has 0 radical (unpaired) electrons. The molecule has 0 fully saturated rings. The highest BCUT2D eigenvalue weighted by atomic mass is 16.2. The van der Waals surface area contributed by atoms with Crippen molar-refractivity contribution in [2.24, 2.45) is 13.0 Å². The summed E-state index contributed by atoms with van der Waals surface area (Å²) in [5.74, 6) is -0.286. The van der Waals surface area contributed by atoms with Crippen molar-refractivity contribution in [3.05, 3.63) is 53.9 Å². The maximum absolute atomic E-state index is 12.4. The van der Waals surface area contributed by atoms with Crippen LogP contribution in [-0.2, 0) is 29.5 Å². The van der Waals surface area contributed by atoms with E-state index in [1.54, 1.807) is 10.9 Å². The first-order valence-electron chi connectivity index (χ1n) is 8.54. The van der Waals surface area contributed by atoms with Gasteiger partial charge in [-0.3, -0.25) is 14.3 Å². The second kappa shape index (κ2) is 9.01. The van der Waals surface area contributed by atoms with E-state index < -0.39 is 6.04 Å². The summed E-state index contributed by atoms with van der Waals surface area (Å²) in [6.07, 6.45) is 4.69. The van der Waals surface area contributed by atoms with Crippen LogP contribution in [0.3, 0.4) is 0 Å². The number of hydrogen-bond acceptors (Lipinski definition) is 3. The Morgan fingerprint density at radius 3 is 2.48 bits per heavy atom. The summed E-state index contributed by atoms with van der Waals surface area (Å²) < 4.78 is 1.73. The lowest BCUT2D eigenvalue weighted by Gasteiger charge is -2.21. The van der Waals surface area contributed by atoms with Crippen LogP contribution in [0.2, 0.25) is 0 Å². The van der Waals surface area contributed by atoms with E-state index in [9.17, 15) is 9.59 Å². The van der Waals surface area contributed by atoms with Gasteiger partial charge in [0.25, 0.3) is 0 Å². The summed E-state index contributed by atoms with van der Waals surface area (Å²) in [4.78, 5) is 24.6. The van der Waals surface area contributed by atoms with E-state index in [4.69, 9.17) is 0 Å². The highest BCUT2D eigenvalue weighted by Crippen LogP contribution is 2.05. The van der Waals surface area contributed by atoms with Gasteiger partial charge in [-0.15, -0.1) is 0 Å². The Hall–Kier alpha value is -2.63. The standard InChI is InChI=1S/C19H26N4O2/c1-14(2)18(22-17(24)11-15-7-5-4-6-8-15)19(25)20-10-9-16-12-21-23(3)13-16/h4-8,12-14,18H,9-11H2,1-3H3,(H,20,25)(H,22,24)/t18-/m0/s1. The maximum atomic E-state index is 12.4. The number of nitrogens with one attached hydrogen (secondary N) is 2. The van der Waals surface area contributed by atoms with Crippen LogP contribution < -0.4 is 10.6 Å². The first kappa shape index (κ1) is 18.7. The summed E-state index contributed by atoms with van der Waals surface area (Å²) in [6, 6.07) is 8.97. The van der Waals surface area contributed by atoms with Crippen molar-refractivity contribution in [2.75, 3.05) is 6.54 Å². The minimum Gasteiger partial charge on any atom is -0.354 e. The molecule has 1 aromatic heterocycles. The Morgan fingerprint density at radius 1 is 1.16 bits per heavy atom. The van der Waals surface area contributed by atoms with Crippen LogP contribution in [0.1, 0.15) is 25.0 Å². The largest absolute Gasteiger partial charge is 0.354 e. The number of benzene rings is 1. The molecule has 134 valence electrons. The number of amides is 2. The van der Waals surface area contributed by atoms with Crippen molar-refractivity contribution in [1.82, 2.24) is 20.4 Å². The zero-order chi connectivity index (χ0) is 18.2. The molecule has 0 aliphatic heterocycles. The van der Waals surface area contributed by atoms with Crippen molar-refractivity contribution in [1.29, 1.82) is 0 Å². The van der Waals surface area contributed by atoms with Gasteiger partial charge < -0.3 is 10.6 Å². The number of nitrogens with zero attached hydrogens (tertiary/aromatic N) is 2. The van der Waals surface area contributed by atoms with Gasteiger partial charge in [-0.2, -0.15) is 5.10 Å². The first-order chi connectivity index (χ1) is 12.0. The van der Waals surface area contributed by atoms with E-state index in [0.29, 0.717) is 13.0 Å². The second-order valence-corrected chi connectivity index (χ2v) is 6.51. The highest BCUT2D eigenvalue weighted by Gasteiger charge is 2.23. The van der Waals surface area contributed by atoms with E-state index >= 15 is 0 Å². The van der Waals surface area contributed by atoms with Crippen molar-refractivity contribution in [3.63, 3.8) is 0 Å². The summed E-state index contributed by atoms with van der Waals surface area (Å²) in [6.45, 7) is 4.37. The average molecular weight is 342 g/mol. The van der Waals surface area contributed by atoms with Crippen LogP contribution in [0.4, 0.5) is 0 Å². The molecule has 1 aromatic carbocycles. The number of aryl methyl sites for hydroxylation is 1. The molecule has 1 atom stereocenters. The monoisotopic (exact) mass is 342 g/mol. The number of carbonyl (C=O) groups is 2. The lowest BCUT2D eigenvalue weighted by molar-refractivity contribution is -0.129. The molecule has 0 saturated heterocycles. The molecule has 0 bridgehead atoms. The molecule has 25 heavy (non-hydrogen) atoms. The summed E-state index contributed by atoms with van der Waals surface area (Å²) in [7, 11) is 1.86. The van der Waals surface area contributed by atoms with Gasteiger partial charge in [0, 0.05) is 19.8 Å². The molecule has 2 N–H and O–H groups in total. The molecular formula is C19H26N4O2. The third kappa shape index (κ3) is 6.06. The summed E-state index contributed by atoms with van der Waals surface area (Å²) in [5.41, 5.74) is 2.00. The SMILES string of the molecule is CC(C)[C@H](NC(=O)Cc1ccccc1)C(=O)NCCc1cnn(C)c1. The highest BCUT2D eigenvalue weighted by molar-refractivity contribution is 5.88. The van der Waals surface area contributed by atoms with E-state index in [1.807, 2.05) is 57.4 Å². The molecule has 6 nitrogen and oxygen atoms in total. The van der Waals surface area contributed by atoms with Crippen LogP contribution >= 0.6 is 0 Å². The van der Waals surface area contributed by atoms with E-state index in [2.05, 4.69) is 15.7 Å². The third-order valence-corrected chi connectivity index (χ3v) is 3.94. The molecule has 2 aromatic rings. The van der Waals surface area contributed by atoms with Gasteiger partial charge >= 0.3 is 0 Å². The number of carbonyl (C=O) groups excluding carboxylic acids is 2. The van der Waals surface area contributed by atoms with Crippen molar-refractivity contribution in [2.45, 2.75) is 32.7 Å². The maximum Gasteiger partial charge on any atom is 0.242 e. The average Bonchev–Trinajstić information content (AvgIpc) is 2.98. The molecule has 2 rings (SSSR count). The molecule has 2 amide bonds. The van der Waals surface area contributed by atoms with Crippen LogP contribution in [0.5, 0.6) is 0 Å². The summed E-state index contributed by atoms with van der Waals surface area (Å²) in [5, 5.41) is 9.85. The fraction of sp³-hybridized carbons (Fsp3) is 0.421. The molecule has 0 aliphatic carbocycles. The minimum atomic E-state index is -0.537. The topological polar surface area (TPSA) is 76.0 Å². The van der Waals surface area contributed by atoms with Crippen LogP contribution in [0.15, 0.2) is 42.7 Å². The molecule has 0 aliphatic rings. The molecule has 0 saturated carbocycles. The Morgan fingerprint density at radius 2 is 1.88 bits per heavy atom. The van der Waals surface area contributed by atoms with Gasteiger partial charge in [0.2, 0.25) is 11.8 Å². The normalized spacial score (nSPS) is 12.0. The van der Waals surface area contributed by atoms with E-state index in [0.717, 1.165) is 11.1 Å².